The van der Waals surface area contributed by atoms with Crippen LogP contribution in [-0.2, 0) is 0 Å². The van der Waals surface area contributed by atoms with Gasteiger partial charge in [-0.05, 0) is 4.48 Å². The van der Waals surface area contributed by atoms with E-state index in [1.165, 1.54) is 10.1 Å². The van der Waals surface area contributed by atoms with Crippen LogP contribution >= 0.6 is 15.9 Å². The van der Waals surface area contributed by atoms with Crippen molar-refractivity contribution in [2.45, 2.75) is 6.42 Å². The highest BCUT2D eigenvalue weighted by Gasteiger charge is 2.17. The van der Waals surface area contributed by atoms with Crippen LogP contribution in [0.5, 0.6) is 0 Å². The smallest absolute Gasteiger partial charge is 0.0418 e. The lowest BCUT2D eigenvalue weighted by molar-refractivity contribution is -0.0194. The predicted octanol–water partition coefficient (Wildman–Crippen LogP) is 2.10. The SMILES string of the molecule is FN1CCN(CC2=CC=C(Br)C2)CC1. The minimum Gasteiger partial charge on any atom is -0.297 e. The van der Waals surface area contributed by atoms with E-state index >= 15 is 0 Å². The molecule has 0 aromatic heterocycles. The van der Waals surface area contributed by atoms with Crippen LogP contribution in [-0.4, -0.2) is 42.7 Å². The first-order valence-electron chi connectivity index (χ1n) is 4.91. The molecule has 78 valence electrons. The molecule has 0 saturated carbocycles. The summed E-state index contributed by atoms with van der Waals surface area (Å²) in [5.74, 6) is 0. The fourth-order valence-corrected chi connectivity index (χ4v) is 2.31. The Hall–Kier alpha value is -0.190. The quantitative estimate of drug-likeness (QED) is 0.702. The highest BCUT2D eigenvalue weighted by atomic mass is 79.9. The standard InChI is InChI=1S/C10H14BrFN2/c11-10-2-1-9(7-10)8-13-3-5-14(12)6-4-13/h1-2H,3-8H2. The van der Waals surface area contributed by atoms with Crippen molar-refractivity contribution >= 4 is 15.9 Å². The molecule has 14 heavy (non-hydrogen) atoms. The van der Waals surface area contributed by atoms with Crippen molar-refractivity contribution in [3.63, 3.8) is 0 Å². The average Bonchev–Trinajstić information content (AvgIpc) is 2.56. The first kappa shape index (κ1) is 10.3. The Labute approximate surface area is 92.1 Å². The summed E-state index contributed by atoms with van der Waals surface area (Å²) >= 11 is 3.48. The molecule has 0 aromatic carbocycles. The fraction of sp³-hybridized carbons (Fsp3) is 0.600. The molecule has 0 radical (unpaired) electrons. The van der Waals surface area contributed by atoms with Gasteiger partial charge in [-0.1, -0.05) is 33.7 Å². The van der Waals surface area contributed by atoms with E-state index < -0.39 is 0 Å². The fourth-order valence-electron chi connectivity index (χ4n) is 1.82. The van der Waals surface area contributed by atoms with Crippen LogP contribution in [0, 0.1) is 0 Å². The number of allylic oxidation sites excluding steroid dienone is 3. The summed E-state index contributed by atoms with van der Waals surface area (Å²) < 4.78 is 14.0. The second-order valence-corrected chi connectivity index (χ2v) is 4.82. The van der Waals surface area contributed by atoms with Gasteiger partial charge in [-0.15, -0.1) is 9.60 Å². The first-order valence-corrected chi connectivity index (χ1v) is 5.70. The van der Waals surface area contributed by atoms with Crippen molar-refractivity contribution < 1.29 is 4.48 Å². The van der Waals surface area contributed by atoms with Gasteiger partial charge < -0.3 is 0 Å². The van der Waals surface area contributed by atoms with Crippen molar-refractivity contribution in [2.75, 3.05) is 32.7 Å². The van der Waals surface area contributed by atoms with E-state index in [1.54, 1.807) is 0 Å². The Morgan fingerprint density at radius 1 is 1.21 bits per heavy atom. The number of hydrogen-bond acceptors (Lipinski definition) is 2. The van der Waals surface area contributed by atoms with Gasteiger partial charge in [0.1, 0.15) is 0 Å². The van der Waals surface area contributed by atoms with Gasteiger partial charge in [0.05, 0.1) is 0 Å². The monoisotopic (exact) mass is 260 g/mol. The minimum atomic E-state index is 0.544. The van der Waals surface area contributed by atoms with Crippen molar-refractivity contribution in [2.24, 2.45) is 0 Å². The topological polar surface area (TPSA) is 6.48 Å². The highest BCUT2D eigenvalue weighted by molar-refractivity contribution is 9.11. The Morgan fingerprint density at radius 3 is 2.50 bits per heavy atom. The number of rotatable bonds is 2. The number of piperazine rings is 1. The molecule has 0 N–H and O–H groups in total. The van der Waals surface area contributed by atoms with Gasteiger partial charge >= 0.3 is 0 Å². The summed E-state index contributed by atoms with van der Waals surface area (Å²) in [5, 5.41) is 0.897. The third kappa shape index (κ3) is 2.65. The molecule has 1 fully saturated rings. The molecule has 2 rings (SSSR count). The molecule has 1 aliphatic heterocycles. The molecule has 2 aliphatic rings. The summed E-state index contributed by atoms with van der Waals surface area (Å²) in [7, 11) is 0. The van der Waals surface area contributed by atoms with E-state index in [4.69, 9.17) is 0 Å². The van der Waals surface area contributed by atoms with Crippen molar-refractivity contribution in [1.82, 2.24) is 10.0 Å². The van der Waals surface area contributed by atoms with Gasteiger partial charge in [-0.3, -0.25) is 4.90 Å². The maximum atomic E-state index is 12.7. The first-order chi connectivity index (χ1) is 6.74. The highest BCUT2D eigenvalue weighted by Crippen LogP contribution is 2.24. The van der Waals surface area contributed by atoms with Crippen molar-refractivity contribution in [3.8, 4) is 0 Å². The Balaban J connectivity index is 1.77. The molecule has 4 heteroatoms. The van der Waals surface area contributed by atoms with Crippen LogP contribution in [0.15, 0.2) is 22.2 Å². The van der Waals surface area contributed by atoms with Gasteiger partial charge in [0.25, 0.3) is 0 Å². The van der Waals surface area contributed by atoms with E-state index in [9.17, 15) is 4.48 Å². The molecule has 1 heterocycles. The molecule has 0 aromatic rings. The molecule has 0 unspecified atom stereocenters. The van der Waals surface area contributed by atoms with Crippen molar-refractivity contribution in [1.29, 1.82) is 0 Å². The van der Waals surface area contributed by atoms with Crippen LogP contribution in [0.2, 0.25) is 0 Å². The maximum absolute atomic E-state index is 12.7. The van der Waals surface area contributed by atoms with E-state index in [0.717, 1.165) is 31.2 Å². The van der Waals surface area contributed by atoms with Gasteiger partial charge in [0.15, 0.2) is 0 Å². The van der Waals surface area contributed by atoms with Crippen LogP contribution in [0.1, 0.15) is 6.42 Å². The van der Waals surface area contributed by atoms with Crippen molar-refractivity contribution in [3.05, 3.63) is 22.2 Å². The van der Waals surface area contributed by atoms with Gasteiger partial charge in [-0.25, -0.2) is 0 Å². The molecule has 1 aliphatic carbocycles. The van der Waals surface area contributed by atoms with Gasteiger partial charge in [0, 0.05) is 39.1 Å². The summed E-state index contributed by atoms with van der Waals surface area (Å²) in [5.41, 5.74) is 1.42. The lowest BCUT2D eigenvalue weighted by Crippen LogP contribution is -2.43. The normalized spacial score (nSPS) is 25.0. The van der Waals surface area contributed by atoms with Crippen LogP contribution in [0.3, 0.4) is 0 Å². The second kappa shape index (κ2) is 4.55. The molecular weight excluding hydrogens is 247 g/mol. The van der Waals surface area contributed by atoms with E-state index in [0.29, 0.717) is 13.1 Å². The molecule has 1 saturated heterocycles. The predicted molar refractivity (Wildman–Crippen MR) is 58.8 cm³/mol. The number of nitrogens with zero attached hydrogens (tertiary/aromatic N) is 2. The van der Waals surface area contributed by atoms with Crippen LogP contribution in [0.4, 0.5) is 4.48 Å². The third-order valence-electron chi connectivity index (χ3n) is 2.64. The molecule has 0 bridgehead atoms. The Bertz CT molecular complexity index is 267. The minimum absolute atomic E-state index is 0.544. The van der Waals surface area contributed by atoms with E-state index in [-0.39, 0.29) is 0 Å². The Morgan fingerprint density at radius 2 is 1.93 bits per heavy atom. The number of hydrogen-bond donors (Lipinski definition) is 0. The largest absolute Gasteiger partial charge is 0.297 e. The molecular formula is C10H14BrFN2. The molecule has 0 atom stereocenters. The summed E-state index contributed by atoms with van der Waals surface area (Å²) in [4.78, 5) is 2.31. The second-order valence-electron chi connectivity index (χ2n) is 3.80. The zero-order valence-electron chi connectivity index (χ0n) is 8.05. The molecule has 2 nitrogen and oxygen atoms in total. The summed E-state index contributed by atoms with van der Waals surface area (Å²) in [6, 6.07) is 0. The van der Waals surface area contributed by atoms with Crippen LogP contribution in [0.25, 0.3) is 0 Å². The number of halogens is 2. The average molecular weight is 261 g/mol. The third-order valence-corrected chi connectivity index (χ3v) is 3.18. The van der Waals surface area contributed by atoms with Crippen LogP contribution < -0.4 is 0 Å². The maximum Gasteiger partial charge on any atom is 0.0418 e. The van der Waals surface area contributed by atoms with Gasteiger partial charge in [-0.2, -0.15) is 0 Å². The Kier molecular flexibility index (Phi) is 3.36. The summed E-state index contributed by atoms with van der Waals surface area (Å²) in [6.07, 6.45) is 5.28. The van der Waals surface area contributed by atoms with Gasteiger partial charge in [0.2, 0.25) is 0 Å². The lowest BCUT2D eigenvalue weighted by Gasteiger charge is -2.30. The molecule has 0 amide bonds. The zero-order chi connectivity index (χ0) is 9.97. The summed E-state index contributed by atoms with van der Waals surface area (Å²) in [6.45, 7) is 3.75. The molecule has 0 spiro atoms. The zero-order valence-corrected chi connectivity index (χ0v) is 9.63. The lowest BCUT2D eigenvalue weighted by atomic mass is 10.2. The van der Waals surface area contributed by atoms with E-state index in [1.807, 2.05) is 0 Å². The van der Waals surface area contributed by atoms with E-state index in [2.05, 4.69) is 33.0 Å².